The highest BCUT2D eigenvalue weighted by Gasteiger charge is 2.30. The van der Waals surface area contributed by atoms with Crippen LogP contribution in [0, 0.1) is 11.7 Å². The largest absolute Gasteiger partial charge is 0.338 e. The van der Waals surface area contributed by atoms with Gasteiger partial charge in [-0.25, -0.2) is 4.39 Å². The van der Waals surface area contributed by atoms with Crippen molar-refractivity contribution in [2.75, 3.05) is 13.1 Å². The maximum Gasteiger partial charge on any atom is 0.257 e. The molecule has 2 atom stereocenters. The molecule has 0 aliphatic carbocycles. The Morgan fingerprint density at radius 2 is 2.33 bits per heavy atom. The summed E-state index contributed by atoms with van der Waals surface area (Å²) in [6.45, 7) is 3.20. The second-order valence-electron chi connectivity index (χ2n) is 4.76. The lowest BCUT2D eigenvalue weighted by Gasteiger charge is -2.19. The third kappa shape index (κ3) is 2.57. The number of rotatable bonds is 2. The van der Waals surface area contributed by atoms with Crippen LogP contribution in [0.2, 0.25) is 0 Å². The lowest BCUT2D eigenvalue weighted by molar-refractivity contribution is 0.0780. The maximum atomic E-state index is 13.7. The van der Waals surface area contributed by atoms with E-state index in [1.807, 2.05) is 6.92 Å². The zero-order valence-electron chi connectivity index (χ0n) is 10.2. The molecule has 0 spiro atoms. The summed E-state index contributed by atoms with van der Waals surface area (Å²) in [5.74, 6) is -0.443. The fourth-order valence-electron chi connectivity index (χ4n) is 2.26. The van der Waals surface area contributed by atoms with Crippen LogP contribution in [0.5, 0.6) is 0 Å². The van der Waals surface area contributed by atoms with Crippen molar-refractivity contribution in [2.24, 2.45) is 11.7 Å². The highest BCUT2D eigenvalue weighted by atomic mass is 79.9. The van der Waals surface area contributed by atoms with E-state index < -0.39 is 5.82 Å². The summed E-state index contributed by atoms with van der Waals surface area (Å²) >= 11 is 3.23. The first kappa shape index (κ1) is 13.5. The number of nitrogens with zero attached hydrogens (tertiary/aromatic N) is 1. The van der Waals surface area contributed by atoms with Gasteiger partial charge in [-0.15, -0.1) is 0 Å². The number of hydrogen-bond acceptors (Lipinski definition) is 2. The number of carbonyl (C=O) groups is 1. The zero-order valence-corrected chi connectivity index (χ0v) is 11.8. The predicted octanol–water partition coefficient (Wildman–Crippen LogP) is 2.40. The average Bonchev–Trinajstić information content (AvgIpc) is 2.77. The molecular weight excluding hydrogens is 299 g/mol. The number of likely N-dealkylation sites (tertiary alicyclic amines) is 1. The fraction of sp³-hybridized carbons (Fsp3) is 0.462. The molecular formula is C13H16BrFN2O. The van der Waals surface area contributed by atoms with Crippen LogP contribution < -0.4 is 5.73 Å². The Morgan fingerprint density at radius 3 is 2.89 bits per heavy atom. The van der Waals surface area contributed by atoms with Gasteiger partial charge >= 0.3 is 0 Å². The fourth-order valence-corrected chi connectivity index (χ4v) is 2.77. The highest BCUT2D eigenvalue weighted by molar-refractivity contribution is 9.10. The molecule has 0 aromatic heterocycles. The summed E-state index contributed by atoms with van der Waals surface area (Å²) < 4.78 is 14.2. The van der Waals surface area contributed by atoms with Crippen LogP contribution in [0.4, 0.5) is 4.39 Å². The van der Waals surface area contributed by atoms with E-state index in [0.29, 0.717) is 23.5 Å². The van der Waals surface area contributed by atoms with Crippen molar-refractivity contribution in [1.29, 1.82) is 0 Å². The van der Waals surface area contributed by atoms with Crippen LogP contribution in [0.3, 0.4) is 0 Å². The number of carbonyl (C=O) groups excluding carboxylic acids is 1. The SMILES string of the molecule is CC(N)C1CCN(C(=O)c2c(F)cccc2Br)C1. The molecule has 0 saturated carbocycles. The average molecular weight is 315 g/mol. The summed E-state index contributed by atoms with van der Waals surface area (Å²) in [6.07, 6.45) is 0.884. The molecule has 1 heterocycles. The lowest BCUT2D eigenvalue weighted by atomic mass is 10.0. The minimum absolute atomic E-state index is 0.0619. The molecule has 1 saturated heterocycles. The molecule has 1 aromatic carbocycles. The van der Waals surface area contributed by atoms with Crippen molar-refractivity contribution < 1.29 is 9.18 Å². The Balaban J connectivity index is 2.18. The first-order chi connectivity index (χ1) is 8.50. The Bertz CT molecular complexity index is 444. The van der Waals surface area contributed by atoms with Crippen LogP contribution >= 0.6 is 15.9 Å². The summed E-state index contributed by atoms with van der Waals surface area (Å²) in [5.41, 5.74) is 5.95. The number of benzene rings is 1. The van der Waals surface area contributed by atoms with Gasteiger partial charge in [-0.05, 0) is 47.3 Å². The molecule has 0 bridgehead atoms. The van der Waals surface area contributed by atoms with Gasteiger partial charge in [0.15, 0.2) is 0 Å². The minimum Gasteiger partial charge on any atom is -0.338 e. The number of amides is 1. The molecule has 1 fully saturated rings. The van der Waals surface area contributed by atoms with Crippen molar-refractivity contribution in [3.63, 3.8) is 0 Å². The van der Waals surface area contributed by atoms with Crippen molar-refractivity contribution >= 4 is 21.8 Å². The third-order valence-electron chi connectivity index (χ3n) is 3.43. The van der Waals surface area contributed by atoms with Gasteiger partial charge in [-0.2, -0.15) is 0 Å². The van der Waals surface area contributed by atoms with Gasteiger partial charge in [0.25, 0.3) is 5.91 Å². The van der Waals surface area contributed by atoms with Gasteiger partial charge < -0.3 is 10.6 Å². The molecule has 1 aliphatic rings. The monoisotopic (exact) mass is 314 g/mol. The van der Waals surface area contributed by atoms with E-state index in [1.54, 1.807) is 17.0 Å². The normalized spacial score (nSPS) is 21.1. The van der Waals surface area contributed by atoms with Gasteiger partial charge in [-0.1, -0.05) is 6.07 Å². The number of nitrogens with two attached hydrogens (primary N) is 1. The van der Waals surface area contributed by atoms with E-state index in [4.69, 9.17) is 5.73 Å². The Labute approximate surface area is 114 Å². The van der Waals surface area contributed by atoms with Crippen molar-refractivity contribution in [3.05, 3.63) is 34.1 Å². The van der Waals surface area contributed by atoms with Gasteiger partial charge in [0.2, 0.25) is 0 Å². The molecule has 18 heavy (non-hydrogen) atoms. The molecule has 98 valence electrons. The van der Waals surface area contributed by atoms with Crippen molar-refractivity contribution in [3.8, 4) is 0 Å². The van der Waals surface area contributed by atoms with E-state index in [2.05, 4.69) is 15.9 Å². The van der Waals surface area contributed by atoms with Gasteiger partial charge in [0, 0.05) is 23.6 Å². The Morgan fingerprint density at radius 1 is 1.61 bits per heavy atom. The van der Waals surface area contributed by atoms with E-state index in [9.17, 15) is 9.18 Å². The number of halogens is 2. The lowest BCUT2D eigenvalue weighted by Crippen LogP contribution is -2.33. The molecule has 2 N–H and O–H groups in total. The molecule has 2 rings (SSSR count). The van der Waals surface area contributed by atoms with Gasteiger partial charge in [0.05, 0.1) is 5.56 Å². The van der Waals surface area contributed by atoms with E-state index >= 15 is 0 Å². The van der Waals surface area contributed by atoms with E-state index in [0.717, 1.165) is 6.42 Å². The first-order valence-electron chi connectivity index (χ1n) is 5.99. The molecule has 5 heteroatoms. The predicted molar refractivity (Wildman–Crippen MR) is 71.8 cm³/mol. The molecule has 2 unspecified atom stereocenters. The molecule has 3 nitrogen and oxygen atoms in total. The van der Waals surface area contributed by atoms with Crippen LogP contribution in [0.25, 0.3) is 0 Å². The molecule has 0 radical (unpaired) electrons. The third-order valence-corrected chi connectivity index (χ3v) is 4.09. The second-order valence-corrected chi connectivity index (χ2v) is 5.61. The van der Waals surface area contributed by atoms with Crippen LogP contribution in [0.15, 0.2) is 22.7 Å². The minimum atomic E-state index is -0.487. The molecule has 1 aliphatic heterocycles. The first-order valence-corrected chi connectivity index (χ1v) is 6.79. The van der Waals surface area contributed by atoms with Gasteiger partial charge in [0.1, 0.15) is 5.82 Å². The van der Waals surface area contributed by atoms with E-state index in [-0.39, 0.29) is 17.5 Å². The summed E-state index contributed by atoms with van der Waals surface area (Å²) in [7, 11) is 0. The highest BCUT2D eigenvalue weighted by Crippen LogP contribution is 2.25. The smallest absolute Gasteiger partial charge is 0.257 e. The van der Waals surface area contributed by atoms with Crippen LogP contribution in [-0.4, -0.2) is 29.9 Å². The second kappa shape index (κ2) is 5.36. The van der Waals surface area contributed by atoms with Crippen LogP contribution in [-0.2, 0) is 0 Å². The topological polar surface area (TPSA) is 46.3 Å². The van der Waals surface area contributed by atoms with Crippen molar-refractivity contribution in [1.82, 2.24) is 4.90 Å². The zero-order chi connectivity index (χ0) is 13.3. The molecule has 1 aromatic rings. The van der Waals surface area contributed by atoms with Crippen LogP contribution in [0.1, 0.15) is 23.7 Å². The van der Waals surface area contributed by atoms with Crippen molar-refractivity contribution in [2.45, 2.75) is 19.4 Å². The Kier molecular flexibility index (Phi) is 4.02. The summed E-state index contributed by atoms with van der Waals surface area (Å²) in [4.78, 5) is 13.9. The molecule has 1 amide bonds. The van der Waals surface area contributed by atoms with E-state index in [1.165, 1.54) is 6.07 Å². The standard InChI is InChI=1S/C13H16BrFN2O/c1-8(16)9-5-6-17(7-9)13(18)12-10(14)3-2-4-11(12)15/h2-4,8-9H,5-7,16H2,1H3. The Hall–Kier alpha value is -0.940. The quantitative estimate of drug-likeness (QED) is 0.911. The summed E-state index contributed by atoms with van der Waals surface area (Å²) in [6, 6.07) is 4.61. The number of hydrogen-bond donors (Lipinski definition) is 1. The van der Waals surface area contributed by atoms with Gasteiger partial charge in [-0.3, -0.25) is 4.79 Å². The maximum absolute atomic E-state index is 13.7. The summed E-state index contributed by atoms with van der Waals surface area (Å²) in [5, 5.41) is 0.